The molecule has 0 saturated heterocycles. The zero-order valence-electron chi connectivity index (χ0n) is 36.6. The second kappa shape index (κ2) is 15.4. The summed E-state index contributed by atoms with van der Waals surface area (Å²) in [5.41, 5.74) is 22.6. The number of nitrogens with zero attached hydrogens (tertiary/aromatic N) is 1. The number of hydrogen-bond donors (Lipinski definition) is 0. The van der Waals surface area contributed by atoms with E-state index in [1.807, 2.05) is 0 Å². The monoisotopic (exact) mass is 829 g/mol. The first-order chi connectivity index (χ1) is 32.1. The molecule has 0 heterocycles. The summed E-state index contributed by atoms with van der Waals surface area (Å²) < 4.78 is 0. The highest BCUT2D eigenvalue weighted by Gasteiger charge is 2.48. The van der Waals surface area contributed by atoms with Crippen molar-refractivity contribution < 1.29 is 0 Å². The number of fused-ring (bicyclic) bond motifs is 6. The van der Waals surface area contributed by atoms with Gasteiger partial charge in [0, 0.05) is 17.1 Å². The molecule has 10 aromatic carbocycles. The lowest BCUT2D eigenvalue weighted by molar-refractivity contribution is 0.768. The Kier molecular flexibility index (Phi) is 9.14. The second-order valence-corrected chi connectivity index (χ2v) is 17.7. The summed E-state index contributed by atoms with van der Waals surface area (Å²) in [7, 11) is 0. The van der Waals surface area contributed by atoms with Gasteiger partial charge < -0.3 is 4.90 Å². The number of hydrogen-bond acceptors (Lipinski definition) is 1. The molecule has 0 saturated carbocycles. The van der Waals surface area contributed by atoms with Crippen LogP contribution >= 0.6 is 0 Å². The molecule has 0 spiro atoms. The zero-order valence-corrected chi connectivity index (χ0v) is 36.6. The van der Waals surface area contributed by atoms with Crippen molar-refractivity contribution in [3.63, 3.8) is 0 Å². The molecule has 308 valence electrons. The highest BCUT2D eigenvalue weighted by Crippen LogP contribution is 2.59. The fourth-order valence-electron chi connectivity index (χ4n) is 11.6. The molecule has 65 heavy (non-hydrogen) atoms. The molecule has 0 N–H and O–H groups in total. The van der Waals surface area contributed by atoms with Crippen LogP contribution in [0.3, 0.4) is 0 Å². The Morgan fingerprint density at radius 2 is 0.600 bits per heavy atom. The van der Waals surface area contributed by atoms with Crippen molar-refractivity contribution in [1.82, 2.24) is 0 Å². The molecule has 0 aliphatic heterocycles. The predicted molar refractivity (Wildman–Crippen MR) is 271 cm³/mol. The molecule has 0 aromatic heterocycles. The van der Waals surface area contributed by atoms with Crippen molar-refractivity contribution in [2.75, 3.05) is 4.90 Å². The van der Waals surface area contributed by atoms with Crippen molar-refractivity contribution in [2.24, 2.45) is 0 Å². The minimum Gasteiger partial charge on any atom is -0.310 e. The van der Waals surface area contributed by atoms with Crippen molar-refractivity contribution in [2.45, 2.75) is 24.7 Å². The molecule has 12 rings (SSSR count). The van der Waals surface area contributed by atoms with Gasteiger partial charge in [-0.05, 0) is 139 Å². The molecule has 0 unspecified atom stereocenters. The summed E-state index contributed by atoms with van der Waals surface area (Å²) in [5.74, 6) is 0. The average molecular weight is 830 g/mol. The van der Waals surface area contributed by atoms with E-state index in [4.69, 9.17) is 0 Å². The van der Waals surface area contributed by atoms with E-state index in [2.05, 4.69) is 267 Å². The molecule has 1 heteroatoms. The van der Waals surface area contributed by atoms with E-state index in [1.165, 1.54) is 89.0 Å². The molecule has 0 bridgehead atoms. The van der Waals surface area contributed by atoms with Crippen LogP contribution in [-0.4, -0.2) is 0 Å². The van der Waals surface area contributed by atoms with Crippen LogP contribution in [0.1, 0.15) is 55.6 Å². The van der Waals surface area contributed by atoms with Gasteiger partial charge in [-0.1, -0.05) is 212 Å². The van der Waals surface area contributed by atoms with Crippen LogP contribution in [0, 0.1) is 13.8 Å². The molecule has 0 atom stereocenters. The normalized spacial score (nSPS) is 13.6. The summed E-state index contributed by atoms with van der Waals surface area (Å²) in [6.07, 6.45) is 0. The Balaban J connectivity index is 1.12. The van der Waals surface area contributed by atoms with Gasteiger partial charge in [0.1, 0.15) is 0 Å². The summed E-state index contributed by atoms with van der Waals surface area (Å²) in [4.78, 5) is 2.49. The quantitative estimate of drug-likeness (QED) is 0.147. The van der Waals surface area contributed by atoms with Gasteiger partial charge in [-0.2, -0.15) is 0 Å². The highest BCUT2D eigenvalue weighted by molar-refractivity contribution is 5.93. The molecule has 0 amide bonds. The predicted octanol–water partition coefficient (Wildman–Crippen LogP) is 16.2. The third-order valence-electron chi connectivity index (χ3n) is 14.3. The minimum atomic E-state index is -0.525. The second-order valence-electron chi connectivity index (χ2n) is 17.7. The number of rotatable bonds is 8. The first-order valence-electron chi connectivity index (χ1n) is 22.8. The van der Waals surface area contributed by atoms with E-state index in [1.54, 1.807) is 0 Å². The fraction of sp³-hybridized carbons (Fsp3) is 0.0625. The SMILES string of the molecule is Cc1ccccc1-c1ccc(N(c2ccc3c(c2)-c2ccccc2C3(c2ccccc2)c2ccccc2)c2ccc3c(c2)C(c2ccccc2)(c2ccccc2)c2ccccc2-3)cc1C. The molecule has 10 aromatic rings. The molecule has 0 radical (unpaired) electrons. The van der Waals surface area contributed by atoms with Crippen molar-refractivity contribution in [3.8, 4) is 33.4 Å². The maximum absolute atomic E-state index is 2.49. The summed E-state index contributed by atoms with van der Waals surface area (Å²) >= 11 is 0. The van der Waals surface area contributed by atoms with Gasteiger partial charge in [0.25, 0.3) is 0 Å². The Morgan fingerprint density at radius 3 is 1.12 bits per heavy atom. The van der Waals surface area contributed by atoms with Gasteiger partial charge in [0.05, 0.1) is 10.8 Å². The molecule has 2 aliphatic carbocycles. The number of benzene rings is 10. The van der Waals surface area contributed by atoms with Crippen molar-refractivity contribution in [1.29, 1.82) is 0 Å². The smallest absolute Gasteiger partial charge is 0.0714 e. The van der Waals surface area contributed by atoms with E-state index >= 15 is 0 Å². The van der Waals surface area contributed by atoms with Crippen LogP contribution < -0.4 is 4.90 Å². The molecular weight excluding hydrogens is 783 g/mol. The van der Waals surface area contributed by atoms with Crippen LogP contribution in [0.25, 0.3) is 33.4 Å². The Hall–Kier alpha value is -8.00. The van der Waals surface area contributed by atoms with Crippen LogP contribution in [-0.2, 0) is 10.8 Å². The molecular formula is C64H47N. The zero-order chi connectivity index (χ0) is 43.5. The summed E-state index contributed by atoms with van der Waals surface area (Å²) in [6.45, 7) is 4.46. The van der Waals surface area contributed by atoms with E-state index in [9.17, 15) is 0 Å². The fourth-order valence-corrected chi connectivity index (χ4v) is 11.6. The summed E-state index contributed by atoms with van der Waals surface area (Å²) in [5, 5.41) is 0. The first-order valence-corrected chi connectivity index (χ1v) is 22.8. The lowest BCUT2D eigenvalue weighted by Gasteiger charge is -2.35. The summed E-state index contributed by atoms with van der Waals surface area (Å²) in [6, 6.07) is 92.6. The largest absolute Gasteiger partial charge is 0.310 e. The van der Waals surface area contributed by atoms with Crippen LogP contribution in [0.2, 0.25) is 0 Å². The van der Waals surface area contributed by atoms with Gasteiger partial charge in [0.2, 0.25) is 0 Å². The van der Waals surface area contributed by atoms with Crippen molar-refractivity contribution in [3.05, 3.63) is 304 Å². The molecule has 2 aliphatic rings. The third-order valence-corrected chi connectivity index (χ3v) is 14.3. The highest BCUT2D eigenvalue weighted by atomic mass is 15.1. The first kappa shape index (κ1) is 38.7. The van der Waals surface area contributed by atoms with Crippen molar-refractivity contribution >= 4 is 17.1 Å². The lowest BCUT2D eigenvalue weighted by atomic mass is 9.67. The van der Waals surface area contributed by atoms with E-state index in [0.29, 0.717) is 0 Å². The van der Waals surface area contributed by atoms with Gasteiger partial charge >= 0.3 is 0 Å². The average Bonchev–Trinajstić information content (AvgIpc) is 3.83. The van der Waals surface area contributed by atoms with Crippen LogP contribution in [0.15, 0.2) is 249 Å². The van der Waals surface area contributed by atoms with Gasteiger partial charge in [-0.15, -0.1) is 0 Å². The molecule has 0 fully saturated rings. The minimum absolute atomic E-state index is 0.478. The third kappa shape index (κ3) is 5.79. The molecule has 1 nitrogen and oxygen atoms in total. The van der Waals surface area contributed by atoms with E-state index < -0.39 is 10.8 Å². The van der Waals surface area contributed by atoms with Gasteiger partial charge in [-0.25, -0.2) is 0 Å². The topological polar surface area (TPSA) is 3.24 Å². The van der Waals surface area contributed by atoms with Crippen LogP contribution in [0.5, 0.6) is 0 Å². The van der Waals surface area contributed by atoms with Gasteiger partial charge in [0.15, 0.2) is 0 Å². The Labute approximate surface area is 382 Å². The standard InChI is InChI=1S/C64H47N/c1-44-21-15-16-30-53(44)54-38-35-50(41-45(54)2)65(51-37-40-61-58(42-51)56-32-18-20-34-60(56)63(61,46-22-7-3-8-23-46)47-24-9-4-10-25-47)52-36-39-57-55-31-17-19-33-59(55)64(62(57)43-52,48-26-11-5-12-27-48)49-28-13-6-14-29-49/h3-43H,1-2H3. The van der Waals surface area contributed by atoms with Crippen LogP contribution in [0.4, 0.5) is 17.1 Å². The van der Waals surface area contributed by atoms with E-state index in [0.717, 1.165) is 17.1 Å². The number of aryl methyl sites for hydroxylation is 2. The Morgan fingerprint density at radius 1 is 0.246 bits per heavy atom. The van der Waals surface area contributed by atoms with E-state index in [-0.39, 0.29) is 0 Å². The maximum atomic E-state index is 2.49. The lowest BCUT2D eigenvalue weighted by Crippen LogP contribution is -2.29. The Bertz CT molecular complexity index is 3310. The number of anilines is 3. The maximum Gasteiger partial charge on any atom is 0.0714 e. The van der Waals surface area contributed by atoms with Gasteiger partial charge in [-0.3, -0.25) is 0 Å².